The van der Waals surface area contributed by atoms with E-state index in [0.717, 1.165) is 6.54 Å². The smallest absolute Gasteiger partial charge is 0.322 e. The quantitative estimate of drug-likeness (QED) is 0.740. The molecule has 1 N–H and O–H groups in total. The van der Waals surface area contributed by atoms with Crippen LogP contribution < -0.4 is 5.32 Å². The first kappa shape index (κ1) is 14.5. The van der Waals surface area contributed by atoms with Crippen molar-refractivity contribution >= 4 is 5.97 Å². The van der Waals surface area contributed by atoms with Crippen LogP contribution in [0, 0.1) is 0 Å². The van der Waals surface area contributed by atoms with E-state index in [0.29, 0.717) is 0 Å². The molecule has 100 valence electrons. The zero-order valence-electron chi connectivity index (χ0n) is 11.6. The third-order valence-corrected chi connectivity index (χ3v) is 4.02. The van der Waals surface area contributed by atoms with E-state index < -0.39 is 0 Å². The van der Waals surface area contributed by atoms with Crippen molar-refractivity contribution in [3.05, 3.63) is 0 Å². The van der Waals surface area contributed by atoms with Crippen LogP contribution in [0.15, 0.2) is 0 Å². The molecule has 17 heavy (non-hydrogen) atoms. The van der Waals surface area contributed by atoms with Crippen LogP contribution in [-0.4, -0.2) is 50.2 Å². The SMILES string of the molecule is COC(=O)C(C)NCC1(N(C)C)CCCCC1. The van der Waals surface area contributed by atoms with Gasteiger partial charge in [0.05, 0.1) is 7.11 Å². The fourth-order valence-corrected chi connectivity index (χ4v) is 2.60. The highest BCUT2D eigenvalue weighted by Crippen LogP contribution is 2.31. The van der Waals surface area contributed by atoms with Gasteiger partial charge in [0.25, 0.3) is 0 Å². The number of ether oxygens (including phenoxy) is 1. The van der Waals surface area contributed by atoms with Crippen molar-refractivity contribution < 1.29 is 9.53 Å². The summed E-state index contributed by atoms with van der Waals surface area (Å²) < 4.78 is 4.73. The molecule has 4 heteroatoms. The second-order valence-corrected chi connectivity index (χ2v) is 5.31. The lowest BCUT2D eigenvalue weighted by atomic mass is 9.80. The van der Waals surface area contributed by atoms with Crippen molar-refractivity contribution in [2.24, 2.45) is 0 Å². The van der Waals surface area contributed by atoms with Crippen LogP contribution in [0.5, 0.6) is 0 Å². The molecule has 1 aliphatic rings. The molecule has 0 aromatic heterocycles. The van der Waals surface area contributed by atoms with Gasteiger partial charge in [-0.3, -0.25) is 4.79 Å². The van der Waals surface area contributed by atoms with Crippen molar-refractivity contribution in [3.63, 3.8) is 0 Å². The van der Waals surface area contributed by atoms with E-state index in [2.05, 4.69) is 24.3 Å². The molecule has 0 heterocycles. The summed E-state index contributed by atoms with van der Waals surface area (Å²) in [7, 11) is 5.70. The number of nitrogens with zero attached hydrogens (tertiary/aromatic N) is 1. The van der Waals surface area contributed by atoms with Crippen LogP contribution >= 0.6 is 0 Å². The molecule has 1 fully saturated rings. The average Bonchev–Trinajstić information content (AvgIpc) is 2.35. The summed E-state index contributed by atoms with van der Waals surface area (Å²) in [5.41, 5.74) is 0.209. The monoisotopic (exact) mass is 242 g/mol. The number of hydrogen-bond donors (Lipinski definition) is 1. The van der Waals surface area contributed by atoms with Gasteiger partial charge < -0.3 is 15.0 Å². The standard InChI is InChI=1S/C13H26N2O2/c1-11(12(16)17-4)14-10-13(15(2)3)8-6-5-7-9-13/h11,14H,5-10H2,1-4H3. The number of esters is 1. The van der Waals surface area contributed by atoms with Gasteiger partial charge in [0.1, 0.15) is 6.04 Å². The largest absolute Gasteiger partial charge is 0.468 e. The second kappa shape index (κ2) is 6.36. The summed E-state index contributed by atoms with van der Waals surface area (Å²) in [4.78, 5) is 13.7. The summed E-state index contributed by atoms with van der Waals surface area (Å²) >= 11 is 0. The van der Waals surface area contributed by atoms with Crippen molar-refractivity contribution in [2.75, 3.05) is 27.7 Å². The van der Waals surface area contributed by atoms with Gasteiger partial charge in [-0.15, -0.1) is 0 Å². The highest BCUT2D eigenvalue weighted by molar-refractivity contribution is 5.75. The van der Waals surface area contributed by atoms with Gasteiger partial charge in [-0.1, -0.05) is 19.3 Å². The van der Waals surface area contributed by atoms with Crippen LogP contribution in [-0.2, 0) is 9.53 Å². The zero-order valence-corrected chi connectivity index (χ0v) is 11.6. The van der Waals surface area contributed by atoms with Crippen LogP contribution in [0.4, 0.5) is 0 Å². The summed E-state index contributed by atoms with van der Waals surface area (Å²) in [5, 5.41) is 3.31. The third kappa shape index (κ3) is 3.68. The number of rotatable bonds is 5. The van der Waals surface area contributed by atoms with Gasteiger partial charge in [-0.25, -0.2) is 0 Å². The molecule has 1 atom stereocenters. The summed E-state index contributed by atoms with van der Waals surface area (Å²) in [5.74, 6) is -0.185. The molecule has 0 spiro atoms. The Labute approximate surface area is 105 Å². The van der Waals surface area contributed by atoms with E-state index in [-0.39, 0.29) is 17.6 Å². The van der Waals surface area contributed by atoms with E-state index in [1.54, 1.807) is 0 Å². The van der Waals surface area contributed by atoms with Crippen LogP contribution in [0.3, 0.4) is 0 Å². The Hall–Kier alpha value is -0.610. The lowest BCUT2D eigenvalue weighted by molar-refractivity contribution is -0.142. The highest BCUT2D eigenvalue weighted by atomic mass is 16.5. The number of likely N-dealkylation sites (N-methyl/N-ethyl adjacent to an activating group) is 1. The van der Waals surface area contributed by atoms with E-state index >= 15 is 0 Å². The number of methoxy groups -OCH3 is 1. The molecular weight excluding hydrogens is 216 g/mol. The minimum Gasteiger partial charge on any atom is -0.468 e. The van der Waals surface area contributed by atoms with Crippen LogP contribution in [0.25, 0.3) is 0 Å². The molecule has 4 nitrogen and oxygen atoms in total. The van der Waals surface area contributed by atoms with Gasteiger partial charge in [-0.2, -0.15) is 0 Å². The van der Waals surface area contributed by atoms with E-state index in [4.69, 9.17) is 4.74 Å². The second-order valence-electron chi connectivity index (χ2n) is 5.31. The van der Waals surface area contributed by atoms with Crippen LogP contribution in [0.1, 0.15) is 39.0 Å². The molecule has 0 aromatic rings. The molecule has 1 aliphatic carbocycles. The van der Waals surface area contributed by atoms with Gasteiger partial charge in [0.15, 0.2) is 0 Å². The number of carbonyl (C=O) groups is 1. The Bertz CT molecular complexity index is 248. The number of carbonyl (C=O) groups excluding carboxylic acids is 1. The molecule has 0 bridgehead atoms. The molecule has 1 rings (SSSR count). The Morgan fingerprint density at radius 1 is 1.35 bits per heavy atom. The van der Waals surface area contributed by atoms with Gasteiger partial charge >= 0.3 is 5.97 Å². The maximum atomic E-state index is 11.4. The number of nitrogens with one attached hydrogen (secondary N) is 1. The molecule has 1 saturated carbocycles. The molecule has 0 aromatic carbocycles. The predicted molar refractivity (Wildman–Crippen MR) is 69.0 cm³/mol. The minimum absolute atomic E-state index is 0.185. The number of hydrogen-bond acceptors (Lipinski definition) is 4. The third-order valence-electron chi connectivity index (χ3n) is 4.02. The Kier molecular flexibility index (Phi) is 5.40. The first-order chi connectivity index (χ1) is 8.02. The Morgan fingerprint density at radius 3 is 2.41 bits per heavy atom. The average molecular weight is 242 g/mol. The summed E-state index contributed by atoms with van der Waals surface area (Å²) in [6, 6.07) is -0.223. The molecule has 1 unspecified atom stereocenters. The summed E-state index contributed by atoms with van der Waals surface area (Å²) in [6.07, 6.45) is 6.32. The topological polar surface area (TPSA) is 41.6 Å². The van der Waals surface area contributed by atoms with Crippen molar-refractivity contribution in [1.29, 1.82) is 0 Å². The first-order valence-corrected chi connectivity index (χ1v) is 6.50. The van der Waals surface area contributed by atoms with Crippen LogP contribution in [0.2, 0.25) is 0 Å². The Morgan fingerprint density at radius 2 is 1.94 bits per heavy atom. The fraction of sp³-hybridized carbons (Fsp3) is 0.923. The van der Waals surface area contributed by atoms with Crippen molar-refractivity contribution in [3.8, 4) is 0 Å². The lowest BCUT2D eigenvalue weighted by Gasteiger charge is -2.43. The molecular formula is C13H26N2O2. The molecule has 0 saturated heterocycles. The van der Waals surface area contributed by atoms with E-state index in [1.807, 2.05) is 6.92 Å². The van der Waals surface area contributed by atoms with Crippen molar-refractivity contribution in [2.45, 2.75) is 50.6 Å². The van der Waals surface area contributed by atoms with E-state index in [9.17, 15) is 4.79 Å². The van der Waals surface area contributed by atoms with Gasteiger partial charge in [-0.05, 0) is 33.9 Å². The lowest BCUT2D eigenvalue weighted by Crippen LogP contribution is -2.55. The molecule has 0 radical (unpaired) electrons. The minimum atomic E-state index is -0.223. The normalized spacial score (nSPS) is 21.2. The first-order valence-electron chi connectivity index (χ1n) is 6.50. The van der Waals surface area contributed by atoms with Gasteiger partial charge in [0.2, 0.25) is 0 Å². The maximum absolute atomic E-state index is 11.4. The van der Waals surface area contributed by atoms with E-state index in [1.165, 1.54) is 39.2 Å². The summed E-state index contributed by atoms with van der Waals surface area (Å²) in [6.45, 7) is 2.72. The zero-order chi connectivity index (χ0) is 12.9. The van der Waals surface area contributed by atoms with Crippen molar-refractivity contribution in [1.82, 2.24) is 10.2 Å². The maximum Gasteiger partial charge on any atom is 0.322 e. The fourth-order valence-electron chi connectivity index (χ4n) is 2.60. The molecule has 0 aliphatic heterocycles. The highest BCUT2D eigenvalue weighted by Gasteiger charge is 2.34. The Balaban J connectivity index is 2.53. The predicted octanol–water partition coefficient (Wildman–Crippen LogP) is 1.40. The van der Waals surface area contributed by atoms with Gasteiger partial charge in [0, 0.05) is 12.1 Å². The molecule has 0 amide bonds.